The summed E-state index contributed by atoms with van der Waals surface area (Å²) in [4.78, 5) is 26.5. The number of rotatable bonds is 8. The quantitative estimate of drug-likeness (QED) is 0.638. The third-order valence-electron chi connectivity index (χ3n) is 4.85. The number of carbonyl (C=O) groups excluding carboxylic acids is 2. The van der Waals surface area contributed by atoms with Crippen molar-refractivity contribution in [3.63, 3.8) is 0 Å². The summed E-state index contributed by atoms with van der Waals surface area (Å²) < 4.78 is 35.1. The van der Waals surface area contributed by atoms with E-state index in [4.69, 9.17) is 18.9 Å². The fraction of sp³-hybridized carbons (Fsp3) is 0.364. The van der Waals surface area contributed by atoms with E-state index in [0.29, 0.717) is 25.6 Å². The Morgan fingerprint density at radius 2 is 1.81 bits per heavy atom. The smallest absolute Gasteiger partial charge is 0.340 e. The van der Waals surface area contributed by atoms with Gasteiger partial charge in [-0.05, 0) is 24.3 Å². The summed E-state index contributed by atoms with van der Waals surface area (Å²) in [5.41, 5.74) is 0.312. The molecule has 2 aromatic rings. The molecule has 1 heterocycles. The molecule has 0 aliphatic carbocycles. The Balaban J connectivity index is 1.72. The maximum absolute atomic E-state index is 14.7. The first-order valence-electron chi connectivity index (χ1n) is 9.82. The predicted octanol–water partition coefficient (Wildman–Crippen LogP) is 2.85. The number of carbonyl (C=O) groups is 2. The highest BCUT2D eigenvalue weighted by Crippen LogP contribution is 2.28. The maximum Gasteiger partial charge on any atom is 0.340 e. The van der Waals surface area contributed by atoms with Crippen molar-refractivity contribution in [2.75, 3.05) is 59.0 Å². The highest BCUT2D eigenvalue weighted by atomic mass is 19.1. The number of hydrogen-bond donors (Lipinski definition) is 1. The lowest BCUT2D eigenvalue weighted by Gasteiger charge is -2.26. The molecule has 1 aliphatic rings. The molecule has 0 bridgehead atoms. The maximum atomic E-state index is 14.7. The van der Waals surface area contributed by atoms with E-state index in [-0.39, 0.29) is 22.5 Å². The molecule has 2 aromatic carbocycles. The number of benzene rings is 2. The summed E-state index contributed by atoms with van der Waals surface area (Å²) in [6, 6.07) is 8.94. The predicted molar refractivity (Wildman–Crippen MR) is 112 cm³/mol. The first-order chi connectivity index (χ1) is 15.0. The van der Waals surface area contributed by atoms with Gasteiger partial charge in [-0.25, -0.2) is 14.0 Å². The van der Waals surface area contributed by atoms with Crippen LogP contribution in [0.1, 0.15) is 20.7 Å². The number of hydrogen-bond acceptors (Lipinski definition) is 8. The van der Waals surface area contributed by atoms with Crippen LogP contribution in [0.25, 0.3) is 0 Å². The third-order valence-corrected chi connectivity index (χ3v) is 4.85. The second-order valence-corrected chi connectivity index (χ2v) is 6.78. The van der Waals surface area contributed by atoms with Crippen molar-refractivity contribution >= 4 is 23.3 Å². The van der Waals surface area contributed by atoms with Gasteiger partial charge in [0, 0.05) is 25.7 Å². The normalized spacial score (nSPS) is 14.0. The Morgan fingerprint density at radius 3 is 2.48 bits per heavy atom. The number of halogens is 1. The monoisotopic (exact) mass is 432 g/mol. The first kappa shape index (κ1) is 22.5. The Bertz CT molecular complexity index is 930. The molecule has 166 valence electrons. The van der Waals surface area contributed by atoms with Gasteiger partial charge in [0.25, 0.3) is 0 Å². The number of methoxy groups -OCH3 is 2. The summed E-state index contributed by atoms with van der Waals surface area (Å²) in [5, 5.41) is 2.85. The third kappa shape index (κ3) is 5.71. The van der Waals surface area contributed by atoms with Gasteiger partial charge in [0.15, 0.2) is 0 Å². The largest absolute Gasteiger partial charge is 0.492 e. The van der Waals surface area contributed by atoms with E-state index in [2.05, 4.69) is 10.2 Å². The van der Waals surface area contributed by atoms with Crippen molar-refractivity contribution in [1.29, 1.82) is 0 Å². The number of esters is 2. The summed E-state index contributed by atoms with van der Waals surface area (Å²) in [7, 11) is 2.41. The summed E-state index contributed by atoms with van der Waals surface area (Å²) in [6.07, 6.45) is 0. The van der Waals surface area contributed by atoms with Crippen molar-refractivity contribution in [3.05, 3.63) is 53.3 Å². The van der Waals surface area contributed by atoms with Crippen LogP contribution in [0.15, 0.2) is 36.4 Å². The zero-order chi connectivity index (χ0) is 22.2. The molecule has 0 spiro atoms. The number of ether oxygens (including phenoxy) is 4. The van der Waals surface area contributed by atoms with Gasteiger partial charge in [-0.15, -0.1) is 0 Å². The van der Waals surface area contributed by atoms with Crippen LogP contribution in [0.5, 0.6) is 5.75 Å². The average Bonchev–Trinajstić information content (AvgIpc) is 2.80. The average molecular weight is 432 g/mol. The molecule has 8 nitrogen and oxygen atoms in total. The molecule has 0 aromatic heterocycles. The number of nitrogens with zero attached hydrogens (tertiary/aromatic N) is 1. The van der Waals surface area contributed by atoms with Crippen LogP contribution in [0, 0.1) is 5.82 Å². The lowest BCUT2D eigenvalue weighted by molar-refractivity contribution is 0.0322. The summed E-state index contributed by atoms with van der Waals surface area (Å²) >= 11 is 0. The molecule has 0 amide bonds. The van der Waals surface area contributed by atoms with Gasteiger partial charge < -0.3 is 24.3 Å². The van der Waals surface area contributed by atoms with Crippen molar-refractivity contribution < 1.29 is 32.9 Å². The Morgan fingerprint density at radius 1 is 1.06 bits per heavy atom. The molecule has 3 rings (SSSR count). The first-order valence-corrected chi connectivity index (χ1v) is 9.82. The Labute approximate surface area is 179 Å². The van der Waals surface area contributed by atoms with E-state index in [1.165, 1.54) is 32.4 Å². The van der Waals surface area contributed by atoms with Crippen molar-refractivity contribution in [3.8, 4) is 5.75 Å². The molecule has 0 radical (unpaired) electrons. The van der Waals surface area contributed by atoms with E-state index < -0.39 is 17.8 Å². The van der Waals surface area contributed by atoms with Gasteiger partial charge in [0.1, 0.15) is 18.2 Å². The van der Waals surface area contributed by atoms with E-state index in [1.807, 2.05) is 0 Å². The lowest BCUT2D eigenvalue weighted by atomic mass is 10.0. The lowest BCUT2D eigenvalue weighted by Crippen LogP contribution is -2.38. The minimum atomic E-state index is -0.744. The molecule has 1 aliphatic heterocycles. The molecule has 31 heavy (non-hydrogen) atoms. The van der Waals surface area contributed by atoms with Crippen LogP contribution < -0.4 is 10.1 Å². The van der Waals surface area contributed by atoms with Gasteiger partial charge in [-0.2, -0.15) is 0 Å². The summed E-state index contributed by atoms with van der Waals surface area (Å²) in [6.45, 7) is 4.29. The fourth-order valence-corrected chi connectivity index (χ4v) is 3.21. The van der Waals surface area contributed by atoms with Crippen molar-refractivity contribution in [2.45, 2.75) is 0 Å². The van der Waals surface area contributed by atoms with Crippen molar-refractivity contribution in [1.82, 2.24) is 4.90 Å². The van der Waals surface area contributed by atoms with Crippen LogP contribution in [0.3, 0.4) is 0 Å². The number of morpholine rings is 1. The molecule has 1 fully saturated rings. The molecule has 0 saturated carbocycles. The number of nitrogens with one attached hydrogen (secondary N) is 1. The zero-order valence-corrected chi connectivity index (χ0v) is 17.5. The standard InChI is InChI=1S/C22H25FN2O6/c1-28-21(26)16-4-3-5-19(20(16)22(27)29-2)24-18-7-6-15(14-17(18)23)31-13-10-25-8-11-30-12-9-25/h3-7,14,24H,8-13H2,1-2H3. The van der Waals surface area contributed by atoms with E-state index in [9.17, 15) is 14.0 Å². The Hall–Kier alpha value is -3.17. The van der Waals surface area contributed by atoms with E-state index >= 15 is 0 Å². The second kappa shape index (κ2) is 10.7. The minimum absolute atomic E-state index is 0.0165. The van der Waals surface area contributed by atoms with Gasteiger partial charge in [-0.1, -0.05) is 6.07 Å². The minimum Gasteiger partial charge on any atom is -0.492 e. The van der Waals surface area contributed by atoms with Crippen LogP contribution >= 0.6 is 0 Å². The van der Waals surface area contributed by atoms with Crippen LogP contribution in [-0.2, 0) is 14.2 Å². The SMILES string of the molecule is COC(=O)c1cccc(Nc2ccc(OCCN3CCOCC3)cc2F)c1C(=O)OC. The fourth-order valence-electron chi connectivity index (χ4n) is 3.21. The zero-order valence-electron chi connectivity index (χ0n) is 17.5. The Kier molecular flexibility index (Phi) is 7.80. The van der Waals surface area contributed by atoms with E-state index in [0.717, 1.165) is 19.6 Å². The molecule has 1 saturated heterocycles. The molecular formula is C22H25FN2O6. The van der Waals surface area contributed by atoms with Crippen LogP contribution in [0.4, 0.5) is 15.8 Å². The molecule has 1 N–H and O–H groups in total. The van der Waals surface area contributed by atoms with Crippen molar-refractivity contribution in [2.24, 2.45) is 0 Å². The topological polar surface area (TPSA) is 86.3 Å². The van der Waals surface area contributed by atoms with E-state index in [1.54, 1.807) is 18.2 Å². The van der Waals surface area contributed by atoms with Gasteiger partial charge >= 0.3 is 11.9 Å². The van der Waals surface area contributed by atoms with Gasteiger partial charge in [0.2, 0.25) is 0 Å². The van der Waals surface area contributed by atoms with Crippen LogP contribution in [-0.4, -0.2) is 70.5 Å². The number of anilines is 2. The molecular weight excluding hydrogens is 407 g/mol. The van der Waals surface area contributed by atoms with Gasteiger partial charge in [0.05, 0.1) is 49.9 Å². The molecule has 0 atom stereocenters. The van der Waals surface area contributed by atoms with Crippen LogP contribution in [0.2, 0.25) is 0 Å². The summed E-state index contributed by atoms with van der Waals surface area (Å²) in [5.74, 6) is -1.61. The van der Waals surface area contributed by atoms with Gasteiger partial charge in [-0.3, -0.25) is 4.90 Å². The molecule has 0 unspecified atom stereocenters. The highest BCUT2D eigenvalue weighted by Gasteiger charge is 2.23. The molecule has 9 heteroatoms. The highest BCUT2D eigenvalue weighted by molar-refractivity contribution is 6.07. The second-order valence-electron chi connectivity index (χ2n) is 6.78.